The summed E-state index contributed by atoms with van der Waals surface area (Å²) < 4.78 is 0. The lowest BCUT2D eigenvalue weighted by atomic mass is 9.89. The summed E-state index contributed by atoms with van der Waals surface area (Å²) in [5.41, 5.74) is 3.32. The predicted octanol–water partition coefficient (Wildman–Crippen LogP) is 2.53. The molecule has 4 heteroatoms. The second-order valence-electron chi connectivity index (χ2n) is 7.28. The van der Waals surface area contributed by atoms with Crippen molar-refractivity contribution in [3.8, 4) is 0 Å². The third-order valence-electron chi connectivity index (χ3n) is 5.02. The van der Waals surface area contributed by atoms with Crippen molar-refractivity contribution >= 4 is 12.4 Å². The van der Waals surface area contributed by atoms with Crippen LogP contribution in [0.15, 0.2) is 24.3 Å². The van der Waals surface area contributed by atoms with Crippen LogP contribution < -0.4 is 5.32 Å². The van der Waals surface area contributed by atoms with Crippen LogP contribution in [-0.4, -0.2) is 55.6 Å². The van der Waals surface area contributed by atoms with Gasteiger partial charge in [0.2, 0.25) is 0 Å². The molecule has 2 aliphatic rings. The number of nitrogens with zero attached hydrogens (tertiary/aromatic N) is 2. The predicted molar refractivity (Wildman–Crippen MR) is 95.7 cm³/mol. The van der Waals surface area contributed by atoms with Crippen molar-refractivity contribution in [2.45, 2.75) is 26.8 Å². The van der Waals surface area contributed by atoms with Gasteiger partial charge in [-0.05, 0) is 30.9 Å². The highest BCUT2D eigenvalue weighted by molar-refractivity contribution is 5.85. The third-order valence-corrected chi connectivity index (χ3v) is 5.02. The van der Waals surface area contributed by atoms with E-state index in [2.05, 4.69) is 53.2 Å². The van der Waals surface area contributed by atoms with Gasteiger partial charge in [-0.15, -0.1) is 12.4 Å². The number of piperazine rings is 1. The molecule has 0 aliphatic carbocycles. The summed E-state index contributed by atoms with van der Waals surface area (Å²) in [6, 6.07) is 8.93. The summed E-state index contributed by atoms with van der Waals surface area (Å²) in [6.45, 7) is 14.2. The van der Waals surface area contributed by atoms with Gasteiger partial charge in [-0.25, -0.2) is 0 Å². The van der Waals surface area contributed by atoms with Crippen LogP contribution in [-0.2, 0) is 6.54 Å². The van der Waals surface area contributed by atoms with Gasteiger partial charge in [-0.2, -0.15) is 0 Å². The highest BCUT2D eigenvalue weighted by Gasteiger charge is 2.31. The quantitative estimate of drug-likeness (QED) is 0.918. The van der Waals surface area contributed by atoms with Crippen molar-refractivity contribution < 1.29 is 0 Å². The molecule has 1 aromatic carbocycles. The van der Waals surface area contributed by atoms with Crippen LogP contribution in [0.4, 0.5) is 0 Å². The van der Waals surface area contributed by atoms with Gasteiger partial charge in [0.25, 0.3) is 0 Å². The molecule has 0 aromatic heterocycles. The lowest BCUT2D eigenvalue weighted by Crippen LogP contribution is -2.49. The van der Waals surface area contributed by atoms with Gasteiger partial charge in [-0.1, -0.05) is 36.8 Å². The topological polar surface area (TPSA) is 18.5 Å². The minimum absolute atomic E-state index is 0. The maximum atomic E-state index is 3.51. The first kappa shape index (κ1) is 17.7. The van der Waals surface area contributed by atoms with Crippen molar-refractivity contribution in [2.24, 2.45) is 5.41 Å². The van der Waals surface area contributed by atoms with E-state index >= 15 is 0 Å². The zero-order valence-corrected chi connectivity index (χ0v) is 14.8. The first-order valence-electron chi connectivity index (χ1n) is 8.34. The van der Waals surface area contributed by atoms with Crippen LogP contribution in [0.2, 0.25) is 0 Å². The van der Waals surface area contributed by atoms with Gasteiger partial charge in [0.15, 0.2) is 0 Å². The fourth-order valence-electron chi connectivity index (χ4n) is 3.72. The zero-order valence-electron chi connectivity index (χ0n) is 14.0. The average Bonchev–Trinajstić information content (AvgIpc) is 2.88. The van der Waals surface area contributed by atoms with Crippen LogP contribution in [0.3, 0.4) is 0 Å². The summed E-state index contributed by atoms with van der Waals surface area (Å²) >= 11 is 0. The van der Waals surface area contributed by atoms with Crippen LogP contribution in [0.1, 0.15) is 24.5 Å². The highest BCUT2D eigenvalue weighted by Crippen LogP contribution is 2.26. The van der Waals surface area contributed by atoms with E-state index in [-0.39, 0.29) is 12.4 Å². The Morgan fingerprint density at radius 1 is 1.14 bits per heavy atom. The highest BCUT2D eigenvalue weighted by atomic mass is 35.5. The summed E-state index contributed by atoms with van der Waals surface area (Å²) in [4.78, 5) is 5.26. The number of hydrogen-bond acceptors (Lipinski definition) is 3. The molecular formula is C18H30ClN3. The molecule has 2 heterocycles. The number of hydrogen-bond donors (Lipinski definition) is 1. The molecule has 1 unspecified atom stereocenters. The van der Waals surface area contributed by atoms with Crippen molar-refractivity contribution in [3.63, 3.8) is 0 Å². The van der Waals surface area contributed by atoms with E-state index in [0.29, 0.717) is 5.41 Å². The molecule has 1 aromatic rings. The second-order valence-corrected chi connectivity index (χ2v) is 7.28. The van der Waals surface area contributed by atoms with Crippen molar-refractivity contribution in [1.29, 1.82) is 0 Å². The summed E-state index contributed by atoms with van der Waals surface area (Å²) in [7, 11) is 0. The number of aryl methyl sites for hydroxylation is 1. The van der Waals surface area contributed by atoms with Gasteiger partial charge in [0, 0.05) is 45.8 Å². The molecule has 124 valence electrons. The Kier molecular flexibility index (Phi) is 6.27. The Balaban J connectivity index is 0.00000176. The van der Waals surface area contributed by atoms with Crippen LogP contribution >= 0.6 is 12.4 Å². The second kappa shape index (κ2) is 7.78. The summed E-state index contributed by atoms with van der Waals surface area (Å²) in [5, 5.41) is 3.51. The van der Waals surface area contributed by atoms with Crippen LogP contribution in [0.25, 0.3) is 0 Å². The molecule has 2 aliphatic heterocycles. The van der Waals surface area contributed by atoms with Crippen LogP contribution in [0, 0.1) is 12.3 Å². The summed E-state index contributed by atoms with van der Waals surface area (Å²) in [6.07, 6.45) is 1.33. The molecule has 1 N–H and O–H groups in total. The van der Waals surface area contributed by atoms with E-state index in [4.69, 9.17) is 0 Å². The van der Waals surface area contributed by atoms with Crippen molar-refractivity contribution in [1.82, 2.24) is 15.1 Å². The molecule has 3 rings (SSSR count). The van der Waals surface area contributed by atoms with Gasteiger partial charge in [-0.3, -0.25) is 4.90 Å². The molecule has 3 nitrogen and oxygen atoms in total. The number of halogens is 1. The van der Waals surface area contributed by atoms with Gasteiger partial charge in [0.05, 0.1) is 0 Å². The van der Waals surface area contributed by atoms with E-state index in [0.717, 1.165) is 6.54 Å². The van der Waals surface area contributed by atoms with E-state index < -0.39 is 0 Å². The smallest absolute Gasteiger partial charge is 0.0234 e. The summed E-state index contributed by atoms with van der Waals surface area (Å²) in [5.74, 6) is 0. The molecule has 2 fully saturated rings. The Hall–Kier alpha value is -0.610. The van der Waals surface area contributed by atoms with Crippen molar-refractivity contribution in [3.05, 3.63) is 35.4 Å². The molecule has 0 radical (unpaired) electrons. The van der Waals surface area contributed by atoms with Crippen LogP contribution in [0.5, 0.6) is 0 Å². The fourth-order valence-corrected chi connectivity index (χ4v) is 3.72. The monoisotopic (exact) mass is 323 g/mol. The van der Waals surface area contributed by atoms with E-state index in [1.165, 1.54) is 63.4 Å². The molecule has 0 amide bonds. The molecule has 0 spiro atoms. The van der Waals surface area contributed by atoms with Gasteiger partial charge in [0.1, 0.15) is 0 Å². The normalized spacial score (nSPS) is 26.8. The molecule has 1 atom stereocenters. The number of rotatable bonds is 4. The molecular weight excluding hydrogens is 294 g/mol. The standard InChI is InChI=1S/C18H29N3.ClH/c1-16-4-3-5-17(12-16)13-20-8-10-21(11-9-20)15-18(2)6-7-19-14-18;/h3-5,12,19H,6-11,13-15H2,1-2H3;1H. The van der Waals surface area contributed by atoms with E-state index in [9.17, 15) is 0 Å². The fraction of sp³-hybridized carbons (Fsp3) is 0.667. The Bertz CT molecular complexity index is 463. The van der Waals surface area contributed by atoms with Crippen molar-refractivity contribution in [2.75, 3.05) is 45.8 Å². The lowest BCUT2D eigenvalue weighted by Gasteiger charge is -2.38. The molecule has 22 heavy (non-hydrogen) atoms. The SMILES string of the molecule is Cc1cccc(CN2CCN(CC3(C)CCNC3)CC2)c1.Cl. The minimum atomic E-state index is 0. The first-order chi connectivity index (χ1) is 10.1. The molecule has 0 saturated carbocycles. The third kappa shape index (κ3) is 4.69. The first-order valence-corrected chi connectivity index (χ1v) is 8.34. The lowest BCUT2D eigenvalue weighted by molar-refractivity contribution is 0.0933. The van der Waals surface area contributed by atoms with E-state index in [1.54, 1.807) is 0 Å². The zero-order chi connectivity index (χ0) is 14.7. The molecule has 2 saturated heterocycles. The Morgan fingerprint density at radius 2 is 1.86 bits per heavy atom. The van der Waals surface area contributed by atoms with Gasteiger partial charge < -0.3 is 10.2 Å². The Morgan fingerprint density at radius 3 is 2.50 bits per heavy atom. The Labute approximate surface area is 141 Å². The van der Waals surface area contributed by atoms with E-state index in [1.807, 2.05) is 0 Å². The largest absolute Gasteiger partial charge is 0.316 e. The number of nitrogens with one attached hydrogen (secondary N) is 1. The molecule has 0 bridgehead atoms. The van der Waals surface area contributed by atoms with Gasteiger partial charge >= 0.3 is 0 Å². The maximum absolute atomic E-state index is 3.51. The average molecular weight is 324 g/mol. The number of benzene rings is 1. The minimum Gasteiger partial charge on any atom is -0.316 e. The maximum Gasteiger partial charge on any atom is 0.0234 e.